The lowest BCUT2D eigenvalue weighted by molar-refractivity contribution is -0.129. The van der Waals surface area contributed by atoms with E-state index in [9.17, 15) is 19.6 Å². The first-order valence-electron chi connectivity index (χ1n) is 10.8. The van der Waals surface area contributed by atoms with Gasteiger partial charge in [-0.25, -0.2) is 4.39 Å². The number of benzene rings is 2. The lowest BCUT2D eigenvalue weighted by Crippen LogP contribution is -2.35. The first kappa shape index (κ1) is 21.7. The van der Waals surface area contributed by atoms with Crippen LogP contribution < -0.4 is 0 Å². The summed E-state index contributed by atoms with van der Waals surface area (Å²) in [6.07, 6.45) is 2.19. The van der Waals surface area contributed by atoms with Crippen LogP contribution >= 0.6 is 11.8 Å². The maximum Gasteiger partial charge on any atom is 0.219 e. The molecule has 0 fully saturated rings. The summed E-state index contributed by atoms with van der Waals surface area (Å²) in [5.41, 5.74) is 5.56. The number of nitrogens with zero attached hydrogens (tertiary/aromatic N) is 4. The van der Waals surface area contributed by atoms with Gasteiger partial charge in [0.2, 0.25) is 5.91 Å². The third kappa shape index (κ3) is 3.62. The second-order valence-electron chi connectivity index (χ2n) is 8.49. The Balaban J connectivity index is 1.70. The number of rotatable bonds is 3. The third-order valence-corrected chi connectivity index (χ3v) is 7.39. The smallest absolute Gasteiger partial charge is 0.219 e. The summed E-state index contributed by atoms with van der Waals surface area (Å²) in [7, 11) is 0. The molecule has 1 aliphatic heterocycles. The molecular formula is C25H23FN4O2S. The number of aliphatic hydroxyl groups is 1. The van der Waals surface area contributed by atoms with Crippen LogP contribution in [-0.4, -0.2) is 44.6 Å². The fraction of sp³-hybridized carbons (Fsp3) is 0.320. The van der Waals surface area contributed by atoms with Crippen LogP contribution in [0.2, 0.25) is 0 Å². The highest BCUT2D eigenvalue weighted by molar-refractivity contribution is 7.98. The topological polar surface area (TPSA) is 82.2 Å². The number of thioether (sulfide) groups is 1. The number of carbonyl (C=O) groups excluding carboxylic acids is 1. The molecule has 0 spiro atoms. The van der Waals surface area contributed by atoms with E-state index in [-0.39, 0.29) is 11.7 Å². The summed E-state index contributed by atoms with van der Waals surface area (Å²) < 4.78 is 16.3. The van der Waals surface area contributed by atoms with Gasteiger partial charge in [0.05, 0.1) is 23.4 Å². The van der Waals surface area contributed by atoms with E-state index in [1.54, 1.807) is 24.0 Å². The maximum absolute atomic E-state index is 14.5. The third-order valence-electron chi connectivity index (χ3n) is 6.58. The molecule has 2 atom stereocenters. The molecule has 0 saturated carbocycles. The van der Waals surface area contributed by atoms with Crippen molar-refractivity contribution < 1.29 is 14.3 Å². The fourth-order valence-electron chi connectivity index (χ4n) is 5.03. The van der Waals surface area contributed by atoms with Crippen molar-refractivity contribution in [1.29, 1.82) is 5.26 Å². The highest BCUT2D eigenvalue weighted by Gasteiger charge is 2.39. The van der Waals surface area contributed by atoms with Crippen LogP contribution in [0.4, 0.5) is 4.39 Å². The van der Waals surface area contributed by atoms with E-state index in [4.69, 9.17) is 5.10 Å². The SMILES string of the molecule is CSc1cc(F)cc2c1C[C@H](O)[C@@H]2n1nc(-c2cccc(C#N)c2)c2c1CCN(C(C)=O)C2. The molecule has 6 nitrogen and oxygen atoms in total. The average molecular weight is 463 g/mol. The lowest BCUT2D eigenvalue weighted by atomic mass is 9.99. The van der Waals surface area contributed by atoms with E-state index in [2.05, 4.69) is 6.07 Å². The molecule has 168 valence electrons. The highest BCUT2D eigenvalue weighted by Crippen LogP contribution is 2.42. The average Bonchev–Trinajstić information content (AvgIpc) is 3.34. The predicted molar refractivity (Wildman–Crippen MR) is 123 cm³/mol. The Kier molecular flexibility index (Phi) is 5.47. The molecule has 8 heteroatoms. The van der Waals surface area contributed by atoms with E-state index in [1.807, 2.05) is 23.1 Å². The van der Waals surface area contributed by atoms with Crippen LogP contribution in [0.25, 0.3) is 11.3 Å². The molecular weight excluding hydrogens is 439 g/mol. The molecule has 1 aromatic heterocycles. The lowest BCUT2D eigenvalue weighted by Gasteiger charge is -2.28. The minimum absolute atomic E-state index is 0.0111. The van der Waals surface area contributed by atoms with Crippen molar-refractivity contribution >= 4 is 17.7 Å². The van der Waals surface area contributed by atoms with Gasteiger partial charge in [-0.3, -0.25) is 9.48 Å². The van der Waals surface area contributed by atoms with E-state index < -0.39 is 12.1 Å². The molecule has 0 radical (unpaired) electrons. The normalized spacial score (nSPS) is 19.2. The first-order valence-corrected chi connectivity index (χ1v) is 12.0. The molecule has 0 bridgehead atoms. The molecule has 2 aromatic carbocycles. The summed E-state index contributed by atoms with van der Waals surface area (Å²) in [6.45, 7) is 2.52. The second-order valence-corrected chi connectivity index (χ2v) is 9.34. The predicted octanol–water partition coefficient (Wildman–Crippen LogP) is 3.69. The van der Waals surface area contributed by atoms with Crippen molar-refractivity contribution in [1.82, 2.24) is 14.7 Å². The molecule has 2 heterocycles. The van der Waals surface area contributed by atoms with Crippen molar-refractivity contribution in [3.05, 3.63) is 70.2 Å². The number of hydrogen-bond acceptors (Lipinski definition) is 5. The number of carbonyl (C=O) groups is 1. The molecule has 1 amide bonds. The van der Waals surface area contributed by atoms with Crippen LogP contribution in [-0.2, 0) is 24.2 Å². The quantitative estimate of drug-likeness (QED) is 0.601. The number of aromatic nitrogens is 2. The van der Waals surface area contributed by atoms with Crippen LogP contribution in [0.3, 0.4) is 0 Å². The molecule has 1 aliphatic carbocycles. The molecule has 1 N–H and O–H groups in total. The van der Waals surface area contributed by atoms with Crippen molar-refractivity contribution in [2.75, 3.05) is 12.8 Å². The fourth-order valence-corrected chi connectivity index (χ4v) is 5.71. The zero-order chi connectivity index (χ0) is 23.3. The number of nitriles is 1. The van der Waals surface area contributed by atoms with E-state index in [0.29, 0.717) is 37.2 Å². The van der Waals surface area contributed by atoms with Crippen LogP contribution in [0, 0.1) is 17.1 Å². The Morgan fingerprint density at radius 2 is 2.12 bits per heavy atom. The molecule has 2 aliphatic rings. The molecule has 0 unspecified atom stereocenters. The Morgan fingerprint density at radius 3 is 2.85 bits per heavy atom. The van der Waals surface area contributed by atoms with Gasteiger partial charge in [0, 0.05) is 54.6 Å². The van der Waals surface area contributed by atoms with Crippen LogP contribution in [0.1, 0.15) is 40.9 Å². The molecule has 3 aromatic rings. The number of halogens is 1. The second kappa shape index (κ2) is 8.32. The van der Waals surface area contributed by atoms with Gasteiger partial charge in [-0.05, 0) is 41.6 Å². The van der Waals surface area contributed by atoms with Gasteiger partial charge in [-0.15, -0.1) is 11.8 Å². The van der Waals surface area contributed by atoms with Crippen molar-refractivity contribution in [2.45, 2.75) is 43.4 Å². The Labute approximate surface area is 195 Å². The largest absolute Gasteiger partial charge is 0.390 e. The van der Waals surface area contributed by atoms with Gasteiger partial charge in [-0.2, -0.15) is 10.4 Å². The Bertz CT molecular complexity index is 1310. The maximum atomic E-state index is 14.5. The minimum atomic E-state index is -0.735. The summed E-state index contributed by atoms with van der Waals surface area (Å²) in [4.78, 5) is 14.7. The van der Waals surface area contributed by atoms with Crippen LogP contribution in [0.5, 0.6) is 0 Å². The summed E-state index contributed by atoms with van der Waals surface area (Å²) in [5.74, 6) is -0.342. The first-order chi connectivity index (χ1) is 15.9. The van der Waals surface area contributed by atoms with Crippen molar-refractivity contribution in [3.8, 4) is 17.3 Å². The zero-order valence-corrected chi connectivity index (χ0v) is 19.2. The Morgan fingerprint density at radius 1 is 1.30 bits per heavy atom. The van der Waals surface area contributed by atoms with Gasteiger partial charge in [-0.1, -0.05) is 12.1 Å². The monoisotopic (exact) mass is 462 g/mol. The minimum Gasteiger partial charge on any atom is -0.390 e. The van der Waals surface area contributed by atoms with E-state index in [0.717, 1.165) is 32.8 Å². The van der Waals surface area contributed by atoms with Crippen molar-refractivity contribution in [2.24, 2.45) is 0 Å². The van der Waals surface area contributed by atoms with Crippen molar-refractivity contribution in [3.63, 3.8) is 0 Å². The van der Waals surface area contributed by atoms with Gasteiger partial charge in [0.25, 0.3) is 0 Å². The molecule has 33 heavy (non-hydrogen) atoms. The number of aliphatic hydroxyl groups excluding tert-OH is 1. The number of amides is 1. The van der Waals surface area contributed by atoms with Gasteiger partial charge in [0.1, 0.15) is 11.9 Å². The Hall–Kier alpha value is -3.15. The standard InChI is InChI=1S/C25H23FN4O2S/c1-14(31)29-7-6-21-20(13-29)24(16-5-3-4-15(8-16)12-27)28-30(21)25-19-9-17(26)10-23(33-2)18(19)11-22(25)32/h3-5,8-10,22,25,32H,6-7,11,13H2,1-2H3/t22-,25+/m0/s1. The molecule has 0 saturated heterocycles. The zero-order valence-electron chi connectivity index (χ0n) is 18.4. The van der Waals surface area contributed by atoms with Gasteiger partial charge < -0.3 is 10.0 Å². The summed E-state index contributed by atoms with van der Waals surface area (Å²) in [6, 6.07) is 11.9. The number of hydrogen-bond donors (Lipinski definition) is 1. The summed E-state index contributed by atoms with van der Waals surface area (Å²) >= 11 is 1.47. The summed E-state index contributed by atoms with van der Waals surface area (Å²) in [5, 5.41) is 25.4. The molecule has 5 rings (SSSR count). The number of fused-ring (bicyclic) bond motifs is 2. The van der Waals surface area contributed by atoms with Crippen LogP contribution in [0.15, 0.2) is 41.3 Å². The van der Waals surface area contributed by atoms with Gasteiger partial charge in [0.15, 0.2) is 0 Å². The van der Waals surface area contributed by atoms with E-state index >= 15 is 0 Å². The van der Waals surface area contributed by atoms with E-state index in [1.165, 1.54) is 23.9 Å². The van der Waals surface area contributed by atoms with Gasteiger partial charge >= 0.3 is 0 Å². The highest BCUT2D eigenvalue weighted by atomic mass is 32.2.